The highest BCUT2D eigenvalue weighted by Crippen LogP contribution is 2.15. The summed E-state index contributed by atoms with van der Waals surface area (Å²) in [6, 6.07) is 0. The van der Waals surface area contributed by atoms with E-state index >= 15 is 0 Å². The summed E-state index contributed by atoms with van der Waals surface area (Å²) < 4.78 is 4.78. The van der Waals surface area contributed by atoms with Gasteiger partial charge in [-0.05, 0) is 19.3 Å². The molecule has 0 spiro atoms. The minimum Gasteiger partial charge on any atom is -0.466 e. The highest BCUT2D eigenvalue weighted by Gasteiger charge is 2.14. The number of hydrogen-bond donors (Lipinski definition) is 1. The van der Waals surface area contributed by atoms with Gasteiger partial charge in [-0.1, -0.05) is 33.1 Å². The molecule has 0 aromatic rings. The first-order valence-corrected chi connectivity index (χ1v) is 5.93. The summed E-state index contributed by atoms with van der Waals surface area (Å²) in [6.45, 7) is 6.43. The molecule has 0 aliphatic rings. The Bertz CT molecular complexity index is 168. The second kappa shape index (κ2) is 8.72. The Labute approximate surface area is 92.8 Å². The summed E-state index contributed by atoms with van der Waals surface area (Å²) in [7, 11) is 0. The standard InChI is InChI=1S/C12H24O3/c1-4-6-7-10(3)8-11(13)9-12(14)15-5-2/h10-11,13H,4-9H2,1-3H3/t10-,11?/m1/s1. The van der Waals surface area contributed by atoms with E-state index in [2.05, 4.69) is 13.8 Å². The first-order chi connectivity index (χ1) is 7.10. The second-order valence-electron chi connectivity index (χ2n) is 4.15. The lowest BCUT2D eigenvalue weighted by Crippen LogP contribution is -2.18. The van der Waals surface area contributed by atoms with Crippen LogP contribution in [0, 0.1) is 5.92 Å². The van der Waals surface area contributed by atoms with Gasteiger partial charge in [-0.2, -0.15) is 0 Å². The summed E-state index contributed by atoms with van der Waals surface area (Å²) in [6.07, 6.45) is 3.77. The Morgan fingerprint density at radius 2 is 2.07 bits per heavy atom. The lowest BCUT2D eigenvalue weighted by Gasteiger charge is -2.15. The van der Waals surface area contributed by atoms with Crippen LogP contribution < -0.4 is 0 Å². The Morgan fingerprint density at radius 3 is 2.60 bits per heavy atom. The van der Waals surface area contributed by atoms with Crippen molar-refractivity contribution in [3.05, 3.63) is 0 Å². The molecule has 0 heterocycles. The third-order valence-electron chi connectivity index (χ3n) is 2.43. The number of hydrogen-bond acceptors (Lipinski definition) is 3. The van der Waals surface area contributed by atoms with Crippen LogP contribution in [0.2, 0.25) is 0 Å². The van der Waals surface area contributed by atoms with Crippen molar-refractivity contribution >= 4 is 5.97 Å². The smallest absolute Gasteiger partial charge is 0.308 e. The summed E-state index contributed by atoms with van der Waals surface area (Å²) in [4.78, 5) is 11.1. The second-order valence-corrected chi connectivity index (χ2v) is 4.15. The summed E-state index contributed by atoms with van der Waals surface area (Å²) in [5.41, 5.74) is 0. The van der Waals surface area contributed by atoms with E-state index in [1.165, 1.54) is 12.8 Å². The zero-order valence-electron chi connectivity index (χ0n) is 10.2. The van der Waals surface area contributed by atoms with E-state index in [9.17, 15) is 9.90 Å². The van der Waals surface area contributed by atoms with Crippen LogP contribution >= 0.6 is 0 Å². The highest BCUT2D eigenvalue weighted by atomic mass is 16.5. The Balaban J connectivity index is 3.62. The van der Waals surface area contributed by atoms with Gasteiger partial charge in [-0.25, -0.2) is 0 Å². The molecule has 0 aromatic heterocycles. The number of rotatable bonds is 8. The van der Waals surface area contributed by atoms with Gasteiger partial charge in [-0.15, -0.1) is 0 Å². The first kappa shape index (κ1) is 14.4. The molecule has 15 heavy (non-hydrogen) atoms. The Kier molecular flexibility index (Phi) is 8.38. The van der Waals surface area contributed by atoms with Crippen LogP contribution in [0.1, 0.15) is 52.9 Å². The monoisotopic (exact) mass is 216 g/mol. The number of aliphatic hydroxyl groups is 1. The molecule has 0 aliphatic carbocycles. The van der Waals surface area contributed by atoms with Crippen LogP contribution in [0.4, 0.5) is 0 Å². The van der Waals surface area contributed by atoms with Gasteiger partial charge in [-0.3, -0.25) is 4.79 Å². The third kappa shape index (κ3) is 8.43. The molecule has 3 nitrogen and oxygen atoms in total. The average Bonchev–Trinajstić information content (AvgIpc) is 2.14. The molecule has 2 atom stereocenters. The molecular formula is C12H24O3. The van der Waals surface area contributed by atoms with Crippen LogP contribution in [-0.2, 0) is 9.53 Å². The van der Waals surface area contributed by atoms with E-state index in [0.717, 1.165) is 6.42 Å². The topological polar surface area (TPSA) is 46.5 Å². The molecule has 0 saturated carbocycles. The highest BCUT2D eigenvalue weighted by molar-refractivity contribution is 5.69. The largest absolute Gasteiger partial charge is 0.466 e. The van der Waals surface area contributed by atoms with E-state index in [-0.39, 0.29) is 12.4 Å². The molecule has 1 N–H and O–H groups in total. The van der Waals surface area contributed by atoms with Crippen molar-refractivity contribution in [2.45, 2.75) is 59.0 Å². The van der Waals surface area contributed by atoms with E-state index < -0.39 is 6.10 Å². The quantitative estimate of drug-likeness (QED) is 0.634. The van der Waals surface area contributed by atoms with Crippen molar-refractivity contribution in [1.82, 2.24) is 0 Å². The van der Waals surface area contributed by atoms with Gasteiger partial charge in [0, 0.05) is 0 Å². The molecule has 0 saturated heterocycles. The van der Waals surface area contributed by atoms with Crippen LogP contribution in [0.3, 0.4) is 0 Å². The molecule has 0 amide bonds. The predicted octanol–water partition coefficient (Wildman–Crippen LogP) is 2.52. The molecule has 0 rings (SSSR count). The maximum atomic E-state index is 11.1. The normalized spacial score (nSPS) is 14.7. The summed E-state index contributed by atoms with van der Waals surface area (Å²) in [5.74, 6) is 0.182. The minimum atomic E-state index is -0.545. The summed E-state index contributed by atoms with van der Waals surface area (Å²) in [5, 5.41) is 9.62. The van der Waals surface area contributed by atoms with Crippen LogP contribution in [0.15, 0.2) is 0 Å². The van der Waals surface area contributed by atoms with Crippen molar-refractivity contribution in [3.8, 4) is 0 Å². The van der Waals surface area contributed by atoms with Gasteiger partial charge in [0.25, 0.3) is 0 Å². The molecule has 90 valence electrons. The van der Waals surface area contributed by atoms with Gasteiger partial charge < -0.3 is 9.84 Å². The maximum absolute atomic E-state index is 11.1. The maximum Gasteiger partial charge on any atom is 0.308 e. The van der Waals surface area contributed by atoms with E-state index in [1.807, 2.05) is 0 Å². The fraction of sp³-hybridized carbons (Fsp3) is 0.917. The number of carbonyl (C=O) groups is 1. The van der Waals surface area contributed by atoms with Gasteiger partial charge in [0.15, 0.2) is 0 Å². The zero-order valence-corrected chi connectivity index (χ0v) is 10.2. The van der Waals surface area contributed by atoms with Crippen molar-refractivity contribution in [2.24, 2.45) is 5.92 Å². The lowest BCUT2D eigenvalue weighted by molar-refractivity contribution is -0.145. The zero-order chi connectivity index (χ0) is 11.7. The predicted molar refractivity (Wildman–Crippen MR) is 60.6 cm³/mol. The molecule has 0 bridgehead atoms. The van der Waals surface area contributed by atoms with Crippen LogP contribution in [-0.4, -0.2) is 23.8 Å². The average molecular weight is 216 g/mol. The van der Waals surface area contributed by atoms with Crippen molar-refractivity contribution in [2.75, 3.05) is 6.61 Å². The summed E-state index contributed by atoms with van der Waals surface area (Å²) >= 11 is 0. The molecular weight excluding hydrogens is 192 g/mol. The molecule has 0 aromatic carbocycles. The van der Waals surface area contributed by atoms with Crippen molar-refractivity contribution in [3.63, 3.8) is 0 Å². The number of carbonyl (C=O) groups excluding carboxylic acids is 1. The molecule has 1 unspecified atom stereocenters. The Morgan fingerprint density at radius 1 is 1.40 bits per heavy atom. The lowest BCUT2D eigenvalue weighted by atomic mass is 9.96. The van der Waals surface area contributed by atoms with Gasteiger partial charge >= 0.3 is 5.97 Å². The van der Waals surface area contributed by atoms with Crippen LogP contribution in [0.5, 0.6) is 0 Å². The third-order valence-corrected chi connectivity index (χ3v) is 2.43. The Hall–Kier alpha value is -0.570. The van der Waals surface area contributed by atoms with Crippen molar-refractivity contribution in [1.29, 1.82) is 0 Å². The number of aliphatic hydroxyl groups excluding tert-OH is 1. The molecule has 0 aliphatic heterocycles. The van der Waals surface area contributed by atoms with E-state index in [4.69, 9.17) is 4.74 Å². The van der Waals surface area contributed by atoms with Crippen molar-refractivity contribution < 1.29 is 14.6 Å². The fourth-order valence-corrected chi connectivity index (χ4v) is 1.63. The molecule has 0 radical (unpaired) electrons. The van der Waals surface area contributed by atoms with E-state index in [1.54, 1.807) is 6.92 Å². The first-order valence-electron chi connectivity index (χ1n) is 5.93. The number of esters is 1. The van der Waals surface area contributed by atoms with Gasteiger partial charge in [0.2, 0.25) is 0 Å². The molecule has 3 heteroatoms. The van der Waals surface area contributed by atoms with Gasteiger partial charge in [0.1, 0.15) is 0 Å². The number of ether oxygens (including phenoxy) is 1. The molecule has 0 fully saturated rings. The van der Waals surface area contributed by atoms with E-state index in [0.29, 0.717) is 18.9 Å². The SMILES string of the molecule is CCCC[C@@H](C)CC(O)CC(=O)OCC. The fourth-order valence-electron chi connectivity index (χ4n) is 1.63. The minimum absolute atomic E-state index is 0.129. The number of unbranched alkanes of at least 4 members (excludes halogenated alkanes) is 1. The van der Waals surface area contributed by atoms with Crippen LogP contribution in [0.25, 0.3) is 0 Å². The van der Waals surface area contributed by atoms with Gasteiger partial charge in [0.05, 0.1) is 19.1 Å².